The minimum absolute atomic E-state index is 0.0141. The van der Waals surface area contributed by atoms with Crippen LogP contribution in [0.25, 0.3) is 0 Å². The lowest BCUT2D eigenvalue weighted by Crippen LogP contribution is -2.48. The van der Waals surface area contributed by atoms with Crippen molar-refractivity contribution in [3.8, 4) is 6.07 Å². The number of nitro groups is 1. The molecule has 0 aromatic heterocycles. The number of amides is 1. The zero-order valence-corrected chi connectivity index (χ0v) is 11.9. The van der Waals surface area contributed by atoms with E-state index in [-0.39, 0.29) is 11.3 Å². The molecule has 1 aliphatic rings. The van der Waals surface area contributed by atoms with Gasteiger partial charge in [0.05, 0.1) is 11.0 Å². The maximum Gasteiger partial charge on any atom is 0.282 e. The number of aryl methyl sites for hydroxylation is 1. The Kier molecular flexibility index (Phi) is 4.22. The highest BCUT2D eigenvalue weighted by Gasteiger charge is 2.35. The van der Waals surface area contributed by atoms with Gasteiger partial charge in [-0.05, 0) is 31.4 Å². The van der Waals surface area contributed by atoms with Crippen molar-refractivity contribution in [2.24, 2.45) is 0 Å². The molecule has 1 fully saturated rings. The summed E-state index contributed by atoms with van der Waals surface area (Å²) in [6.07, 6.45) is 3.99. The van der Waals surface area contributed by atoms with Crippen LogP contribution in [-0.4, -0.2) is 16.4 Å². The molecule has 1 N–H and O–H groups in total. The molecule has 110 valence electrons. The van der Waals surface area contributed by atoms with Crippen LogP contribution in [0.5, 0.6) is 0 Å². The molecule has 1 amide bonds. The first-order valence-electron chi connectivity index (χ1n) is 6.96. The molecule has 1 saturated carbocycles. The Hall–Kier alpha value is -2.42. The Balaban J connectivity index is 2.30. The van der Waals surface area contributed by atoms with E-state index in [1.54, 1.807) is 13.0 Å². The highest BCUT2D eigenvalue weighted by atomic mass is 16.6. The van der Waals surface area contributed by atoms with Crippen LogP contribution in [0.2, 0.25) is 0 Å². The van der Waals surface area contributed by atoms with Crippen molar-refractivity contribution in [2.45, 2.75) is 44.6 Å². The van der Waals surface area contributed by atoms with Gasteiger partial charge in [0.15, 0.2) is 0 Å². The monoisotopic (exact) mass is 287 g/mol. The number of carbonyl (C=O) groups is 1. The van der Waals surface area contributed by atoms with Gasteiger partial charge >= 0.3 is 0 Å². The number of hydrogen-bond donors (Lipinski definition) is 1. The van der Waals surface area contributed by atoms with Crippen molar-refractivity contribution in [2.75, 3.05) is 0 Å². The van der Waals surface area contributed by atoms with Gasteiger partial charge < -0.3 is 5.32 Å². The predicted octanol–water partition coefficient (Wildman–Crippen LogP) is 2.86. The van der Waals surface area contributed by atoms with Crippen molar-refractivity contribution in [1.29, 1.82) is 5.26 Å². The molecule has 0 saturated heterocycles. The van der Waals surface area contributed by atoms with E-state index in [0.717, 1.165) is 24.8 Å². The lowest BCUT2D eigenvalue weighted by Gasteiger charge is -2.31. The summed E-state index contributed by atoms with van der Waals surface area (Å²) in [6.45, 7) is 1.77. The van der Waals surface area contributed by atoms with Crippen LogP contribution in [-0.2, 0) is 0 Å². The van der Waals surface area contributed by atoms with Gasteiger partial charge in [0.2, 0.25) is 0 Å². The number of hydrogen-bond acceptors (Lipinski definition) is 4. The van der Waals surface area contributed by atoms with Crippen LogP contribution in [0, 0.1) is 28.4 Å². The first kappa shape index (κ1) is 15.0. The standard InChI is InChI=1S/C15H17N3O3/c1-11-5-6-13(18(20)21)12(9-11)14(19)17-15(10-16)7-3-2-4-8-15/h5-6,9H,2-4,7-8H2,1H3,(H,17,19). The molecular weight excluding hydrogens is 270 g/mol. The third-order valence-corrected chi connectivity index (χ3v) is 3.87. The molecule has 1 aromatic carbocycles. The van der Waals surface area contributed by atoms with Crippen molar-refractivity contribution < 1.29 is 9.72 Å². The van der Waals surface area contributed by atoms with Gasteiger partial charge in [-0.1, -0.05) is 25.3 Å². The van der Waals surface area contributed by atoms with Gasteiger partial charge in [-0.25, -0.2) is 0 Å². The van der Waals surface area contributed by atoms with Crippen LogP contribution >= 0.6 is 0 Å². The zero-order chi connectivity index (χ0) is 15.5. The fourth-order valence-corrected chi connectivity index (χ4v) is 2.70. The maximum absolute atomic E-state index is 12.4. The Bertz CT molecular complexity index is 613. The summed E-state index contributed by atoms with van der Waals surface area (Å²) in [6, 6.07) is 6.58. The highest BCUT2D eigenvalue weighted by Crippen LogP contribution is 2.29. The zero-order valence-electron chi connectivity index (χ0n) is 11.9. The summed E-state index contributed by atoms with van der Waals surface area (Å²) in [5.41, 5.74) is -0.352. The Labute approximate surface area is 122 Å². The highest BCUT2D eigenvalue weighted by molar-refractivity contribution is 5.99. The van der Waals surface area contributed by atoms with Gasteiger partial charge in [0, 0.05) is 6.07 Å². The largest absolute Gasteiger partial charge is 0.333 e. The molecule has 21 heavy (non-hydrogen) atoms. The number of benzene rings is 1. The normalized spacial score (nSPS) is 16.8. The number of nitrogens with zero attached hydrogens (tertiary/aromatic N) is 2. The second-order valence-corrected chi connectivity index (χ2v) is 5.49. The minimum Gasteiger partial charge on any atom is -0.333 e. The van der Waals surface area contributed by atoms with Gasteiger partial charge in [-0.2, -0.15) is 5.26 Å². The molecule has 0 atom stereocenters. The molecule has 0 heterocycles. The molecule has 2 rings (SSSR count). The van der Waals surface area contributed by atoms with E-state index >= 15 is 0 Å². The number of rotatable bonds is 3. The molecular formula is C15H17N3O3. The second kappa shape index (κ2) is 5.92. The van der Waals surface area contributed by atoms with Crippen LogP contribution in [0.4, 0.5) is 5.69 Å². The van der Waals surface area contributed by atoms with Gasteiger partial charge in [-0.15, -0.1) is 0 Å². The third kappa shape index (κ3) is 3.19. The fraction of sp³-hybridized carbons (Fsp3) is 0.467. The number of carbonyl (C=O) groups excluding carboxylic acids is 1. The van der Waals surface area contributed by atoms with Crippen LogP contribution in [0.1, 0.15) is 48.0 Å². The van der Waals surface area contributed by atoms with E-state index in [1.165, 1.54) is 12.1 Å². The van der Waals surface area contributed by atoms with E-state index in [1.807, 2.05) is 0 Å². The number of nitriles is 1. The van der Waals surface area contributed by atoms with E-state index in [9.17, 15) is 20.2 Å². The number of nitro benzene ring substituents is 1. The van der Waals surface area contributed by atoms with Gasteiger partial charge in [0.1, 0.15) is 11.1 Å². The smallest absolute Gasteiger partial charge is 0.282 e. The summed E-state index contributed by atoms with van der Waals surface area (Å²) >= 11 is 0. The van der Waals surface area contributed by atoms with E-state index < -0.39 is 16.4 Å². The van der Waals surface area contributed by atoms with Gasteiger partial charge in [-0.3, -0.25) is 14.9 Å². The third-order valence-electron chi connectivity index (χ3n) is 3.87. The molecule has 1 aliphatic carbocycles. The molecule has 0 radical (unpaired) electrons. The summed E-state index contributed by atoms with van der Waals surface area (Å²) < 4.78 is 0. The van der Waals surface area contributed by atoms with Crippen LogP contribution < -0.4 is 5.32 Å². The average molecular weight is 287 g/mol. The molecule has 0 unspecified atom stereocenters. The average Bonchev–Trinajstić information content (AvgIpc) is 2.47. The van der Waals surface area contributed by atoms with Crippen molar-refractivity contribution >= 4 is 11.6 Å². The molecule has 0 aliphatic heterocycles. The number of nitrogens with one attached hydrogen (secondary N) is 1. The quantitative estimate of drug-likeness (QED) is 0.682. The van der Waals surface area contributed by atoms with Crippen molar-refractivity contribution in [3.05, 3.63) is 39.4 Å². The summed E-state index contributed by atoms with van der Waals surface area (Å²) in [5.74, 6) is -0.547. The van der Waals surface area contributed by atoms with Crippen molar-refractivity contribution in [3.63, 3.8) is 0 Å². The molecule has 0 bridgehead atoms. The fourth-order valence-electron chi connectivity index (χ4n) is 2.70. The molecule has 0 spiro atoms. The van der Waals surface area contributed by atoms with Crippen LogP contribution in [0.15, 0.2) is 18.2 Å². The molecule has 6 heteroatoms. The SMILES string of the molecule is Cc1ccc([N+](=O)[O-])c(C(=O)NC2(C#N)CCCCC2)c1. The summed E-state index contributed by atoms with van der Waals surface area (Å²) in [4.78, 5) is 22.9. The first-order chi connectivity index (χ1) is 9.97. The van der Waals surface area contributed by atoms with E-state index in [2.05, 4.69) is 11.4 Å². The maximum atomic E-state index is 12.4. The summed E-state index contributed by atoms with van der Waals surface area (Å²) in [7, 11) is 0. The lowest BCUT2D eigenvalue weighted by molar-refractivity contribution is -0.385. The van der Waals surface area contributed by atoms with E-state index in [0.29, 0.717) is 12.8 Å². The van der Waals surface area contributed by atoms with Crippen molar-refractivity contribution in [1.82, 2.24) is 5.32 Å². The lowest BCUT2D eigenvalue weighted by atomic mass is 9.82. The topological polar surface area (TPSA) is 96.0 Å². The Morgan fingerprint density at radius 1 is 1.38 bits per heavy atom. The Morgan fingerprint density at radius 2 is 2.05 bits per heavy atom. The second-order valence-electron chi connectivity index (χ2n) is 5.49. The Morgan fingerprint density at radius 3 is 2.62 bits per heavy atom. The molecule has 1 aromatic rings. The van der Waals surface area contributed by atoms with Crippen LogP contribution in [0.3, 0.4) is 0 Å². The first-order valence-corrected chi connectivity index (χ1v) is 6.96. The molecule has 6 nitrogen and oxygen atoms in total. The summed E-state index contributed by atoms with van der Waals surface area (Å²) in [5, 5.41) is 23.1. The predicted molar refractivity (Wildman–Crippen MR) is 76.7 cm³/mol. The van der Waals surface area contributed by atoms with Gasteiger partial charge in [0.25, 0.3) is 11.6 Å². The van der Waals surface area contributed by atoms with E-state index in [4.69, 9.17) is 0 Å². The minimum atomic E-state index is -0.896.